The van der Waals surface area contributed by atoms with Crippen LogP contribution in [-0.4, -0.2) is 73.0 Å². The Labute approximate surface area is 208 Å². The van der Waals surface area contributed by atoms with Crippen molar-refractivity contribution in [3.05, 3.63) is 69.7 Å². The summed E-state index contributed by atoms with van der Waals surface area (Å²) in [6.45, 7) is 5.08. The normalized spacial score (nSPS) is 17.8. The van der Waals surface area contributed by atoms with Gasteiger partial charge in [-0.15, -0.1) is 0 Å². The van der Waals surface area contributed by atoms with Gasteiger partial charge >= 0.3 is 0 Å². The predicted octanol–water partition coefficient (Wildman–Crippen LogP) is 3.27. The maximum atomic E-state index is 13.5. The second-order valence-electron chi connectivity index (χ2n) is 8.90. The third kappa shape index (κ3) is 5.85. The van der Waals surface area contributed by atoms with Crippen molar-refractivity contribution in [1.82, 2.24) is 15.1 Å². The fourth-order valence-electron chi connectivity index (χ4n) is 4.61. The number of rotatable bonds is 5. The monoisotopic (exact) mass is 527 g/mol. The van der Waals surface area contributed by atoms with Gasteiger partial charge in [-0.2, -0.15) is 0 Å². The lowest BCUT2D eigenvalue weighted by Crippen LogP contribution is -2.56. The molecular formula is C26H30BrN3O4. The highest BCUT2D eigenvalue weighted by Gasteiger charge is 2.36. The largest absolute Gasteiger partial charge is 0.378 e. The average Bonchev–Trinajstić information content (AvgIpc) is 2.87. The van der Waals surface area contributed by atoms with Crippen LogP contribution < -0.4 is 5.32 Å². The van der Waals surface area contributed by atoms with E-state index in [1.54, 1.807) is 11.0 Å². The predicted molar refractivity (Wildman–Crippen MR) is 133 cm³/mol. The van der Waals surface area contributed by atoms with E-state index in [1.807, 2.05) is 54.3 Å². The molecule has 0 radical (unpaired) electrons. The minimum absolute atomic E-state index is 0.0143. The molecule has 8 heteroatoms. The van der Waals surface area contributed by atoms with Gasteiger partial charge in [0, 0.05) is 41.8 Å². The lowest BCUT2D eigenvalue weighted by molar-refractivity contribution is -0.139. The number of carbonyl (C=O) groups is 3. The quantitative estimate of drug-likeness (QED) is 0.647. The van der Waals surface area contributed by atoms with Crippen LogP contribution in [-0.2, 0) is 9.53 Å². The summed E-state index contributed by atoms with van der Waals surface area (Å²) in [6.07, 6.45) is 1.29. The molecule has 2 heterocycles. The van der Waals surface area contributed by atoms with E-state index in [0.29, 0.717) is 63.4 Å². The maximum absolute atomic E-state index is 13.5. The van der Waals surface area contributed by atoms with Crippen LogP contribution in [0.4, 0.5) is 0 Å². The molecule has 0 aromatic heterocycles. The Bertz CT molecular complexity index is 1050. The van der Waals surface area contributed by atoms with Gasteiger partial charge in [-0.3, -0.25) is 14.4 Å². The zero-order valence-corrected chi connectivity index (χ0v) is 20.9. The number of amides is 3. The summed E-state index contributed by atoms with van der Waals surface area (Å²) in [4.78, 5) is 43.1. The molecule has 2 fully saturated rings. The molecule has 34 heavy (non-hydrogen) atoms. The van der Waals surface area contributed by atoms with Gasteiger partial charge in [-0.25, -0.2) is 0 Å². The molecule has 7 nitrogen and oxygen atoms in total. The van der Waals surface area contributed by atoms with Gasteiger partial charge < -0.3 is 19.9 Å². The van der Waals surface area contributed by atoms with E-state index >= 15 is 0 Å². The van der Waals surface area contributed by atoms with Gasteiger partial charge in [0.1, 0.15) is 6.04 Å². The Morgan fingerprint density at radius 1 is 0.941 bits per heavy atom. The van der Waals surface area contributed by atoms with Crippen LogP contribution in [0.3, 0.4) is 0 Å². The number of halogens is 1. The minimum atomic E-state index is -0.630. The number of aryl methyl sites for hydroxylation is 1. The molecule has 2 aromatic carbocycles. The molecule has 1 atom stereocenters. The highest BCUT2D eigenvalue weighted by Crippen LogP contribution is 2.25. The van der Waals surface area contributed by atoms with Crippen molar-refractivity contribution in [2.75, 3.05) is 39.4 Å². The summed E-state index contributed by atoms with van der Waals surface area (Å²) in [5.41, 5.74) is 2.17. The van der Waals surface area contributed by atoms with Crippen molar-refractivity contribution in [3.63, 3.8) is 0 Å². The average molecular weight is 528 g/mol. The Kier molecular flexibility index (Phi) is 8.00. The molecule has 0 spiro atoms. The van der Waals surface area contributed by atoms with E-state index in [0.717, 1.165) is 10.0 Å². The summed E-state index contributed by atoms with van der Waals surface area (Å²) in [5.74, 6) is -0.376. The first-order valence-electron chi connectivity index (χ1n) is 11.7. The van der Waals surface area contributed by atoms with E-state index < -0.39 is 6.04 Å². The lowest BCUT2D eigenvalue weighted by Gasteiger charge is -2.38. The van der Waals surface area contributed by atoms with Crippen LogP contribution in [0, 0.1) is 12.8 Å². The lowest BCUT2D eigenvalue weighted by atomic mass is 9.87. The number of carbonyl (C=O) groups excluding carboxylic acids is 3. The molecule has 180 valence electrons. The van der Waals surface area contributed by atoms with Gasteiger partial charge in [0.15, 0.2) is 0 Å². The van der Waals surface area contributed by atoms with E-state index in [4.69, 9.17) is 4.74 Å². The zero-order valence-electron chi connectivity index (χ0n) is 19.3. The van der Waals surface area contributed by atoms with Gasteiger partial charge in [0.2, 0.25) is 5.91 Å². The third-order valence-electron chi connectivity index (χ3n) is 6.53. The molecule has 0 bridgehead atoms. The molecular weight excluding hydrogens is 498 g/mol. The number of hydrogen-bond donors (Lipinski definition) is 1. The fourth-order valence-corrected chi connectivity index (χ4v) is 5.01. The van der Waals surface area contributed by atoms with Crippen LogP contribution in [0.2, 0.25) is 0 Å². The Morgan fingerprint density at radius 2 is 1.62 bits per heavy atom. The minimum Gasteiger partial charge on any atom is -0.378 e. The van der Waals surface area contributed by atoms with Gasteiger partial charge in [-0.1, -0.05) is 39.7 Å². The van der Waals surface area contributed by atoms with Gasteiger partial charge in [-0.05, 0) is 56.0 Å². The van der Waals surface area contributed by atoms with Crippen molar-refractivity contribution < 1.29 is 19.1 Å². The highest BCUT2D eigenvalue weighted by molar-refractivity contribution is 9.10. The second-order valence-corrected chi connectivity index (χ2v) is 9.81. The summed E-state index contributed by atoms with van der Waals surface area (Å²) in [7, 11) is 0. The SMILES string of the molecule is Cc1cccc(C(=O)NC(C(=O)N2CCOCC2)C2CCN(C(=O)c3cccc(Br)c3)CC2)c1. The summed E-state index contributed by atoms with van der Waals surface area (Å²) < 4.78 is 6.26. The molecule has 3 amide bonds. The molecule has 2 aliphatic heterocycles. The van der Waals surface area contributed by atoms with E-state index in [9.17, 15) is 14.4 Å². The molecule has 2 aliphatic rings. The summed E-state index contributed by atoms with van der Waals surface area (Å²) >= 11 is 3.42. The van der Waals surface area contributed by atoms with Crippen LogP contribution in [0.15, 0.2) is 53.0 Å². The first-order chi connectivity index (χ1) is 16.4. The standard InChI is InChI=1S/C26H30BrN3O4/c1-18-4-2-5-20(16-18)24(31)28-23(26(33)30-12-14-34-15-13-30)19-8-10-29(11-9-19)25(32)21-6-3-7-22(27)17-21/h2-7,16-17,19,23H,8-15H2,1H3,(H,28,31). The van der Waals surface area contributed by atoms with Gasteiger partial charge in [0.05, 0.1) is 13.2 Å². The van der Waals surface area contributed by atoms with E-state index in [2.05, 4.69) is 21.2 Å². The number of likely N-dealkylation sites (tertiary alicyclic amines) is 1. The second kappa shape index (κ2) is 11.1. The number of benzene rings is 2. The summed E-state index contributed by atoms with van der Waals surface area (Å²) in [6, 6.07) is 14.1. The number of morpholine rings is 1. The fraction of sp³-hybridized carbons (Fsp3) is 0.423. The highest BCUT2D eigenvalue weighted by atomic mass is 79.9. The van der Waals surface area contributed by atoms with Crippen molar-refractivity contribution in [2.45, 2.75) is 25.8 Å². The smallest absolute Gasteiger partial charge is 0.253 e. The number of hydrogen-bond acceptors (Lipinski definition) is 4. The van der Waals surface area contributed by atoms with Crippen LogP contribution >= 0.6 is 15.9 Å². The van der Waals surface area contributed by atoms with E-state index in [-0.39, 0.29) is 23.6 Å². The first-order valence-corrected chi connectivity index (χ1v) is 12.5. The van der Waals surface area contributed by atoms with Crippen molar-refractivity contribution in [3.8, 4) is 0 Å². The molecule has 1 unspecified atom stereocenters. The molecule has 0 aliphatic carbocycles. The Hall–Kier alpha value is -2.71. The first kappa shape index (κ1) is 24.4. The zero-order chi connectivity index (χ0) is 24.1. The number of nitrogens with one attached hydrogen (secondary N) is 1. The number of piperidine rings is 1. The van der Waals surface area contributed by atoms with Crippen LogP contribution in [0.5, 0.6) is 0 Å². The molecule has 4 rings (SSSR count). The molecule has 0 saturated carbocycles. The van der Waals surface area contributed by atoms with Crippen LogP contribution in [0.1, 0.15) is 39.1 Å². The number of nitrogens with zero attached hydrogens (tertiary/aromatic N) is 2. The van der Waals surface area contributed by atoms with Crippen molar-refractivity contribution in [2.24, 2.45) is 5.92 Å². The Morgan fingerprint density at radius 3 is 2.29 bits per heavy atom. The van der Waals surface area contributed by atoms with Gasteiger partial charge in [0.25, 0.3) is 11.8 Å². The summed E-state index contributed by atoms with van der Waals surface area (Å²) in [5, 5.41) is 3.03. The topological polar surface area (TPSA) is 79.0 Å². The van der Waals surface area contributed by atoms with Crippen molar-refractivity contribution >= 4 is 33.7 Å². The third-order valence-corrected chi connectivity index (χ3v) is 7.02. The molecule has 2 aromatic rings. The molecule has 2 saturated heterocycles. The maximum Gasteiger partial charge on any atom is 0.253 e. The van der Waals surface area contributed by atoms with Crippen LogP contribution in [0.25, 0.3) is 0 Å². The Balaban J connectivity index is 1.47. The molecule has 1 N–H and O–H groups in total. The van der Waals surface area contributed by atoms with Crippen molar-refractivity contribution in [1.29, 1.82) is 0 Å². The number of ether oxygens (including phenoxy) is 1. The van der Waals surface area contributed by atoms with E-state index in [1.165, 1.54) is 0 Å².